The van der Waals surface area contributed by atoms with Crippen molar-refractivity contribution in [3.63, 3.8) is 0 Å². The highest BCUT2D eigenvalue weighted by molar-refractivity contribution is 7.89. The SMILES string of the molecule is O=C(NCCc1ccc(Cl)cc1)C1CCCN(S(=O)(=O)c2ccccc2)C1. The molecule has 27 heavy (non-hydrogen) atoms. The number of nitrogens with one attached hydrogen (secondary N) is 1. The van der Waals surface area contributed by atoms with Crippen molar-refractivity contribution in [3.8, 4) is 0 Å². The average Bonchev–Trinajstić information content (AvgIpc) is 2.70. The number of benzene rings is 2. The average molecular weight is 407 g/mol. The van der Waals surface area contributed by atoms with Crippen molar-refractivity contribution in [2.75, 3.05) is 19.6 Å². The third kappa shape index (κ3) is 5.09. The van der Waals surface area contributed by atoms with Crippen molar-refractivity contribution in [2.45, 2.75) is 24.2 Å². The van der Waals surface area contributed by atoms with Gasteiger partial charge in [-0.2, -0.15) is 4.31 Å². The maximum absolute atomic E-state index is 12.8. The van der Waals surface area contributed by atoms with Gasteiger partial charge < -0.3 is 5.32 Å². The van der Waals surface area contributed by atoms with Gasteiger partial charge in [0.15, 0.2) is 0 Å². The minimum absolute atomic E-state index is 0.0862. The number of nitrogens with zero attached hydrogens (tertiary/aromatic N) is 1. The maximum Gasteiger partial charge on any atom is 0.243 e. The van der Waals surface area contributed by atoms with E-state index >= 15 is 0 Å². The topological polar surface area (TPSA) is 66.5 Å². The minimum atomic E-state index is -3.56. The third-order valence-corrected chi connectivity index (χ3v) is 6.89. The molecule has 1 aliphatic rings. The number of carbonyl (C=O) groups is 1. The second-order valence-corrected chi connectivity index (χ2v) is 9.06. The lowest BCUT2D eigenvalue weighted by atomic mass is 9.99. The minimum Gasteiger partial charge on any atom is -0.355 e. The summed E-state index contributed by atoms with van der Waals surface area (Å²) >= 11 is 5.87. The lowest BCUT2D eigenvalue weighted by Crippen LogP contribution is -2.45. The van der Waals surface area contributed by atoms with E-state index in [0.717, 1.165) is 5.56 Å². The molecule has 0 radical (unpaired) electrons. The molecule has 7 heteroatoms. The van der Waals surface area contributed by atoms with Gasteiger partial charge in [0.05, 0.1) is 10.8 Å². The standard InChI is InChI=1S/C20H23ClN2O3S/c21-18-10-8-16(9-11-18)12-13-22-20(24)17-5-4-14-23(15-17)27(25,26)19-6-2-1-3-7-19/h1-3,6-11,17H,4-5,12-15H2,(H,22,24). The van der Waals surface area contributed by atoms with Crippen LogP contribution in [0.25, 0.3) is 0 Å². The predicted octanol–water partition coefficient (Wildman–Crippen LogP) is 3.10. The van der Waals surface area contributed by atoms with Gasteiger partial charge in [0.1, 0.15) is 0 Å². The van der Waals surface area contributed by atoms with Gasteiger partial charge in [-0.05, 0) is 49.1 Å². The smallest absolute Gasteiger partial charge is 0.243 e. The van der Waals surface area contributed by atoms with Crippen LogP contribution in [0, 0.1) is 5.92 Å². The first-order valence-corrected chi connectivity index (χ1v) is 10.9. The van der Waals surface area contributed by atoms with Crippen molar-refractivity contribution < 1.29 is 13.2 Å². The molecule has 2 aromatic rings. The highest BCUT2D eigenvalue weighted by Crippen LogP contribution is 2.23. The van der Waals surface area contributed by atoms with Crippen LogP contribution in [0.4, 0.5) is 0 Å². The summed E-state index contributed by atoms with van der Waals surface area (Å²) in [7, 11) is -3.56. The summed E-state index contributed by atoms with van der Waals surface area (Å²) in [4.78, 5) is 12.8. The van der Waals surface area contributed by atoms with Gasteiger partial charge in [-0.15, -0.1) is 0 Å². The Hall–Kier alpha value is -1.89. The molecule has 144 valence electrons. The maximum atomic E-state index is 12.8. The molecule has 0 aromatic heterocycles. The zero-order valence-electron chi connectivity index (χ0n) is 15.0. The zero-order valence-corrected chi connectivity index (χ0v) is 16.5. The van der Waals surface area contributed by atoms with Crippen LogP contribution < -0.4 is 5.32 Å². The van der Waals surface area contributed by atoms with Gasteiger partial charge in [0.25, 0.3) is 0 Å². The van der Waals surface area contributed by atoms with Crippen LogP contribution in [0.15, 0.2) is 59.5 Å². The summed E-state index contributed by atoms with van der Waals surface area (Å²) < 4.78 is 27.0. The number of sulfonamides is 1. The van der Waals surface area contributed by atoms with E-state index < -0.39 is 10.0 Å². The van der Waals surface area contributed by atoms with E-state index in [0.29, 0.717) is 37.4 Å². The van der Waals surface area contributed by atoms with E-state index in [-0.39, 0.29) is 23.3 Å². The van der Waals surface area contributed by atoms with Crippen LogP contribution in [0.2, 0.25) is 5.02 Å². The largest absolute Gasteiger partial charge is 0.355 e. The molecule has 2 aromatic carbocycles. The first-order chi connectivity index (χ1) is 13.0. The van der Waals surface area contributed by atoms with Gasteiger partial charge in [-0.1, -0.05) is 41.9 Å². The van der Waals surface area contributed by atoms with Gasteiger partial charge in [0, 0.05) is 24.7 Å². The number of hydrogen-bond acceptors (Lipinski definition) is 3. The predicted molar refractivity (Wildman–Crippen MR) is 106 cm³/mol. The first kappa shape index (κ1) is 19.9. The van der Waals surface area contributed by atoms with E-state index in [1.54, 1.807) is 30.3 Å². The van der Waals surface area contributed by atoms with Gasteiger partial charge >= 0.3 is 0 Å². The van der Waals surface area contributed by atoms with Crippen LogP contribution >= 0.6 is 11.6 Å². The van der Waals surface area contributed by atoms with E-state index in [1.165, 1.54) is 4.31 Å². The van der Waals surface area contributed by atoms with Crippen LogP contribution in [0.1, 0.15) is 18.4 Å². The van der Waals surface area contributed by atoms with Crippen molar-refractivity contribution >= 4 is 27.5 Å². The normalized spacial score (nSPS) is 18.2. The summed E-state index contributed by atoms with van der Waals surface area (Å²) in [5.41, 5.74) is 1.09. The molecule has 0 saturated carbocycles. The Morgan fingerprint density at radius 3 is 2.52 bits per heavy atom. The summed E-state index contributed by atoms with van der Waals surface area (Å²) in [6, 6.07) is 15.9. The molecule has 1 atom stereocenters. The highest BCUT2D eigenvalue weighted by Gasteiger charge is 2.33. The first-order valence-electron chi connectivity index (χ1n) is 9.04. The molecule has 0 aliphatic carbocycles. The molecular weight excluding hydrogens is 384 g/mol. The van der Waals surface area contributed by atoms with Crippen molar-refractivity contribution in [1.82, 2.24) is 9.62 Å². The molecule has 1 aliphatic heterocycles. The van der Waals surface area contributed by atoms with Crippen molar-refractivity contribution in [1.29, 1.82) is 0 Å². The molecule has 1 fully saturated rings. The van der Waals surface area contributed by atoms with E-state index in [4.69, 9.17) is 11.6 Å². The third-order valence-electron chi connectivity index (χ3n) is 4.76. The number of hydrogen-bond donors (Lipinski definition) is 1. The van der Waals surface area contributed by atoms with Gasteiger partial charge in [0.2, 0.25) is 15.9 Å². The molecule has 1 N–H and O–H groups in total. The molecule has 1 amide bonds. The summed E-state index contributed by atoms with van der Waals surface area (Å²) in [6.07, 6.45) is 2.09. The van der Waals surface area contributed by atoms with Crippen LogP contribution in [-0.4, -0.2) is 38.3 Å². The lowest BCUT2D eigenvalue weighted by molar-refractivity contribution is -0.126. The number of piperidine rings is 1. The van der Waals surface area contributed by atoms with E-state index in [2.05, 4.69) is 5.32 Å². The fourth-order valence-electron chi connectivity index (χ4n) is 3.24. The lowest BCUT2D eigenvalue weighted by Gasteiger charge is -2.31. The quantitative estimate of drug-likeness (QED) is 0.801. The van der Waals surface area contributed by atoms with Gasteiger partial charge in [-0.3, -0.25) is 4.79 Å². The number of halogens is 1. The number of amides is 1. The van der Waals surface area contributed by atoms with Gasteiger partial charge in [-0.25, -0.2) is 8.42 Å². The highest BCUT2D eigenvalue weighted by atomic mass is 35.5. The van der Waals surface area contributed by atoms with E-state index in [1.807, 2.05) is 24.3 Å². The molecule has 1 unspecified atom stereocenters. The Kier molecular flexibility index (Phi) is 6.52. The Morgan fingerprint density at radius 2 is 1.81 bits per heavy atom. The van der Waals surface area contributed by atoms with E-state index in [9.17, 15) is 13.2 Å². The van der Waals surface area contributed by atoms with Crippen molar-refractivity contribution in [2.24, 2.45) is 5.92 Å². The molecule has 0 spiro atoms. The monoisotopic (exact) mass is 406 g/mol. The van der Waals surface area contributed by atoms with Crippen LogP contribution in [-0.2, 0) is 21.2 Å². The fraction of sp³-hybridized carbons (Fsp3) is 0.350. The molecule has 0 bridgehead atoms. The zero-order chi connectivity index (χ0) is 19.3. The summed E-state index contributed by atoms with van der Waals surface area (Å²) in [6.45, 7) is 1.19. The Morgan fingerprint density at radius 1 is 1.11 bits per heavy atom. The second-order valence-electron chi connectivity index (χ2n) is 6.68. The van der Waals surface area contributed by atoms with Crippen molar-refractivity contribution in [3.05, 3.63) is 65.2 Å². The summed E-state index contributed by atoms with van der Waals surface area (Å²) in [5.74, 6) is -0.403. The van der Waals surface area contributed by atoms with Crippen LogP contribution in [0.5, 0.6) is 0 Å². The summed E-state index contributed by atoms with van der Waals surface area (Å²) in [5, 5.41) is 3.62. The molecule has 3 rings (SSSR count). The Balaban J connectivity index is 1.55. The Labute approximate surface area is 165 Å². The Bertz CT molecular complexity index is 870. The molecule has 5 nitrogen and oxygen atoms in total. The molecular formula is C20H23ClN2O3S. The molecule has 1 heterocycles. The number of carbonyl (C=O) groups excluding carboxylic acids is 1. The number of rotatable bonds is 6. The van der Waals surface area contributed by atoms with Crippen LogP contribution in [0.3, 0.4) is 0 Å². The second kappa shape index (κ2) is 8.87. The molecule has 1 saturated heterocycles. The fourth-order valence-corrected chi connectivity index (χ4v) is 4.91.